The van der Waals surface area contributed by atoms with Crippen molar-refractivity contribution < 1.29 is 4.79 Å². The number of imidazole rings is 1. The van der Waals surface area contributed by atoms with E-state index in [1.165, 1.54) is 12.3 Å². The van der Waals surface area contributed by atoms with Crippen molar-refractivity contribution in [2.75, 3.05) is 13.6 Å². The first-order valence-electron chi connectivity index (χ1n) is 7.07. The number of fused-ring (bicyclic) bond motifs is 1. The van der Waals surface area contributed by atoms with Gasteiger partial charge in [-0.15, -0.1) is 0 Å². The third-order valence-electron chi connectivity index (χ3n) is 3.96. The number of pyridine rings is 1. The molecule has 0 saturated carbocycles. The maximum absolute atomic E-state index is 12.3. The summed E-state index contributed by atoms with van der Waals surface area (Å²) in [4.78, 5) is 31.9. The van der Waals surface area contributed by atoms with Crippen molar-refractivity contribution in [1.29, 1.82) is 0 Å². The Bertz CT molecular complexity index is 683. The van der Waals surface area contributed by atoms with Crippen LogP contribution in [-0.4, -0.2) is 38.9 Å². The molecule has 6 heteroatoms. The van der Waals surface area contributed by atoms with E-state index in [0.717, 1.165) is 25.2 Å². The van der Waals surface area contributed by atoms with E-state index in [0.29, 0.717) is 18.0 Å². The van der Waals surface area contributed by atoms with Crippen LogP contribution >= 0.6 is 0 Å². The number of carbonyl (C=O) groups excluding carboxylic acids is 1. The average molecular weight is 286 g/mol. The van der Waals surface area contributed by atoms with E-state index in [9.17, 15) is 9.59 Å². The topological polar surface area (TPSA) is 71.0 Å². The normalized spacial score (nSPS) is 17.3. The number of amides is 1. The number of nitrogens with zero attached hydrogens (tertiary/aromatic N) is 3. The van der Waals surface area contributed by atoms with Crippen LogP contribution in [0.3, 0.4) is 0 Å². The van der Waals surface area contributed by atoms with Crippen molar-refractivity contribution in [1.82, 2.24) is 19.4 Å². The summed E-state index contributed by atoms with van der Waals surface area (Å²) >= 11 is 0. The zero-order valence-electron chi connectivity index (χ0n) is 12.0. The van der Waals surface area contributed by atoms with Gasteiger partial charge in [0.1, 0.15) is 5.82 Å². The Balaban J connectivity index is 1.64. The molecule has 1 aliphatic heterocycles. The van der Waals surface area contributed by atoms with Crippen LogP contribution < -0.4 is 5.56 Å². The van der Waals surface area contributed by atoms with Crippen LogP contribution in [0.2, 0.25) is 0 Å². The highest BCUT2D eigenvalue weighted by Gasteiger charge is 2.22. The van der Waals surface area contributed by atoms with Crippen LogP contribution in [0.4, 0.5) is 0 Å². The van der Waals surface area contributed by atoms with Gasteiger partial charge in [-0.1, -0.05) is 0 Å². The second-order valence-electron chi connectivity index (χ2n) is 5.52. The van der Waals surface area contributed by atoms with E-state index in [-0.39, 0.29) is 11.5 Å². The highest BCUT2D eigenvalue weighted by atomic mass is 16.2. The quantitative estimate of drug-likeness (QED) is 0.911. The van der Waals surface area contributed by atoms with Gasteiger partial charge in [-0.2, -0.15) is 0 Å². The largest absolute Gasteiger partial charge is 0.341 e. The minimum Gasteiger partial charge on any atom is -0.341 e. The van der Waals surface area contributed by atoms with Crippen molar-refractivity contribution in [3.8, 4) is 0 Å². The second kappa shape index (κ2) is 5.55. The first kappa shape index (κ1) is 13.6. The zero-order chi connectivity index (χ0) is 14.8. The van der Waals surface area contributed by atoms with Crippen molar-refractivity contribution in [3.63, 3.8) is 0 Å². The molecule has 2 aromatic rings. The summed E-state index contributed by atoms with van der Waals surface area (Å²) in [5, 5.41) is 0. The summed E-state index contributed by atoms with van der Waals surface area (Å²) in [6, 6.07) is 2.93. The molecule has 1 amide bonds. The fourth-order valence-corrected chi connectivity index (χ4v) is 2.81. The number of hydrogen-bond donors (Lipinski definition) is 1. The molecule has 0 aliphatic carbocycles. The molecule has 21 heavy (non-hydrogen) atoms. The lowest BCUT2D eigenvalue weighted by Gasteiger charge is -2.27. The average Bonchev–Trinajstić information content (AvgIpc) is 2.95. The molecule has 3 heterocycles. The summed E-state index contributed by atoms with van der Waals surface area (Å²) in [6.45, 7) is 1.66. The number of hydrogen-bond acceptors (Lipinski definition) is 3. The van der Waals surface area contributed by atoms with Crippen molar-refractivity contribution >= 4 is 5.91 Å². The summed E-state index contributed by atoms with van der Waals surface area (Å²) in [6.07, 6.45) is 7.24. The minimum absolute atomic E-state index is 0.0693. The highest BCUT2D eigenvalue weighted by Crippen LogP contribution is 2.20. The maximum Gasteiger partial charge on any atom is 0.255 e. The van der Waals surface area contributed by atoms with Crippen LogP contribution in [0.5, 0.6) is 0 Å². The smallest absolute Gasteiger partial charge is 0.255 e. The molecule has 110 valence electrons. The van der Waals surface area contributed by atoms with E-state index in [1.54, 1.807) is 18.0 Å². The van der Waals surface area contributed by atoms with Gasteiger partial charge >= 0.3 is 0 Å². The van der Waals surface area contributed by atoms with Gasteiger partial charge in [0.05, 0.1) is 5.56 Å². The van der Waals surface area contributed by atoms with E-state index in [1.807, 2.05) is 12.4 Å². The number of H-pyrrole nitrogens is 1. The van der Waals surface area contributed by atoms with E-state index >= 15 is 0 Å². The number of aromatic nitrogens is 3. The molecule has 0 aromatic carbocycles. The van der Waals surface area contributed by atoms with E-state index in [4.69, 9.17) is 0 Å². The summed E-state index contributed by atoms with van der Waals surface area (Å²) in [5.74, 6) is 1.45. The van der Waals surface area contributed by atoms with Gasteiger partial charge in [0.2, 0.25) is 5.56 Å². The third-order valence-corrected chi connectivity index (χ3v) is 3.96. The summed E-state index contributed by atoms with van der Waals surface area (Å²) in [5.41, 5.74) is 0.308. The zero-order valence-corrected chi connectivity index (χ0v) is 12.0. The number of aromatic amines is 1. The lowest BCUT2D eigenvalue weighted by Crippen LogP contribution is -2.35. The molecule has 0 unspecified atom stereocenters. The number of nitrogens with one attached hydrogen (secondary N) is 1. The number of rotatable bonds is 3. The second-order valence-corrected chi connectivity index (χ2v) is 5.52. The molecule has 3 rings (SSSR count). The molecule has 1 N–H and O–H groups in total. The Morgan fingerprint density at radius 3 is 3.14 bits per heavy atom. The Hall–Kier alpha value is -2.37. The predicted octanol–water partition coefficient (Wildman–Crippen LogP) is 0.906. The lowest BCUT2D eigenvalue weighted by molar-refractivity contribution is 0.0763. The first-order chi connectivity index (χ1) is 10.1. The Morgan fingerprint density at radius 1 is 1.52 bits per heavy atom. The van der Waals surface area contributed by atoms with Gasteiger partial charge in [0, 0.05) is 51.2 Å². The molecular weight excluding hydrogens is 268 g/mol. The minimum atomic E-state index is -0.201. The lowest BCUT2D eigenvalue weighted by atomic mass is 9.97. The Labute approximate surface area is 122 Å². The number of aryl methyl sites for hydroxylation is 1. The molecule has 2 aromatic heterocycles. The third kappa shape index (κ3) is 2.89. The molecule has 1 atom stereocenters. The molecule has 6 nitrogen and oxygen atoms in total. The van der Waals surface area contributed by atoms with Gasteiger partial charge in [-0.3, -0.25) is 9.59 Å². The Morgan fingerprint density at radius 2 is 2.38 bits per heavy atom. The van der Waals surface area contributed by atoms with Gasteiger partial charge in [-0.05, 0) is 18.4 Å². The van der Waals surface area contributed by atoms with E-state index in [2.05, 4.69) is 14.5 Å². The van der Waals surface area contributed by atoms with Crippen LogP contribution in [0.1, 0.15) is 22.6 Å². The molecule has 0 radical (unpaired) electrons. The van der Waals surface area contributed by atoms with Gasteiger partial charge in [0.25, 0.3) is 5.91 Å². The first-order valence-corrected chi connectivity index (χ1v) is 7.07. The van der Waals surface area contributed by atoms with Gasteiger partial charge in [0.15, 0.2) is 0 Å². The monoisotopic (exact) mass is 286 g/mol. The molecule has 1 aliphatic rings. The molecule has 0 spiro atoms. The fraction of sp³-hybridized carbons (Fsp3) is 0.400. The number of carbonyl (C=O) groups is 1. The van der Waals surface area contributed by atoms with Crippen LogP contribution in [0.15, 0.2) is 35.5 Å². The molecular formula is C15H18N4O2. The van der Waals surface area contributed by atoms with Gasteiger partial charge < -0.3 is 14.5 Å². The summed E-state index contributed by atoms with van der Waals surface area (Å²) in [7, 11) is 1.80. The van der Waals surface area contributed by atoms with Crippen molar-refractivity contribution in [3.05, 3.63) is 52.5 Å². The Kier molecular flexibility index (Phi) is 3.60. The van der Waals surface area contributed by atoms with Crippen LogP contribution in [0.25, 0.3) is 0 Å². The predicted molar refractivity (Wildman–Crippen MR) is 78.1 cm³/mol. The van der Waals surface area contributed by atoms with Gasteiger partial charge in [-0.25, -0.2) is 4.98 Å². The van der Waals surface area contributed by atoms with Crippen LogP contribution in [-0.2, 0) is 13.0 Å². The molecule has 0 bridgehead atoms. The maximum atomic E-state index is 12.3. The summed E-state index contributed by atoms with van der Waals surface area (Å²) < 4.78 is 2.17. The molecule has 0 fully saturated rings. The van der Waals surface area contributed by atoms with Crippen molar-refractivity contribution in [2.24, 2.45) is 5.92 Å². The standard InChI is InChI=1S/C15H18N4O2/c1-18(15(21)12-2-3-14(20)17-9-12)10-11-4-6-19-7-5-16-13(19)8-11/h2-3,5,7,9,11H,4,6,8,10H2,1H3,(H,17,20)/t11-/m0/s1. The highest BCUT2D eigenvalue weighted by molar-refractivity contribution is 5.93. The fourth-order valence-electron chi connectivity index (χ4n) is 2.81. The van der Waals surface area contributed by atoms with E-state index < -0.39 is 0 Å². The van der Waals surface area contributed by atoms with Crippen LogP contribution in [0, 0.1) is 5.92 Å². The SMILES string of the molecule is CN(C[C@H]1CCn2ccnc2C1)C(=O)c1ccc(=O)[nH]c1. The molecule has 0 saturated heterocycles. The van der Waals surface area contributed by atoms with Crippen molar-refractivity contribution in [2.45, 2.75) is 19.4 Å².